The summed E-state index contributed by atoms with van der Waals surface area (Å²) in [4.78, 5) is 28.2. The zero-order chi connectivity index (χ0) is 20.4. The van der Waals surface area contributed by atoms with E-state index in [1.165, 1.54) is 36.5 Å². The number of amides is 1. The van der Waals surface area contributed by atoms with E-state index in [9.17, 15) is 4.79 Å². The fourth-order valence-corrected chi connectivity index (χ4v) is 5.40. The molecule has 0 bridgehead atoms. The molecule has 2 aromatic heterocycles. The molecule has 3 aromatic rings. The first-order valence-electron chi connectivity index (χ1n) is 9.86. The van der Waals surface area contributed by atoms with E-state index in [4.69, 9.17) is 4.98 Å². The lowest BCUT2D eigenvalue weighted by molar-refractivity contribution is -0.113. The van der Waals surface area contributed by atoms with Gasteiger partial charge in [-0.3, -0.25) is 4.79 Å². The van der Waals surface area contributed by atoms with Gasteiger partial charge in [0, 0.05) is 18.8 Å². The Hall–Kier alpha value is -2.19. The van der Waals surface area contributed by atoms with Gasteiger partial charge in [-0.25, -0.2) is 9.97 Å². The highest BCUT2D eigenvalue weighted by atomic mass is 32.2. The maximum atomic E-state index is 12.4. The smallest absolute Gasteiger partial charge is 0.234 e. The van der Waals surface area contributed by atoms with Gasteiger partial charge in [0.25, 0.3) is 0 Å². The summed E-state index contributed by atoms with van der Waals surface area (Å²) in [5.74, 6) is 0.942. The highest BCUT2D eigenvalue weighted by Crippen LogP contribution is 2.35. The van der Waals surface area contributed by atoms with Crippen LogP contribution >= 0.6 is 23.1 Å². The Kier molecular flexibility index (Phi) is 6.01. The molecular formula is C21H25N5OS2. The van der Waals surface area contributed by atoms with Crippen LogP contribution in [0.25, 0.3) is 10.3 Å². The minimum Gasteiger partial charge on any atom is -0.348 e. The van der Waals surface area contributed by atoms with Gasteiger partial charge in [0.15, 0.2) is 10.8 Å². The molecule has 0 spiro atoms. The van der Waals surface area contributed by atoms with Crippen LogP contribution < -0.4 is 10.2 Å². The highest BCUT2D eigenvalue weighted by molar-refractivity contribution is 8.00. The van der Waals surface area contributed by atoms with Crippen LogP contribution in [0.1, 0.15) is 30.9 Å². The summed E-state index contributed by atoms with van der Waals surface area (Å²) in [7, 11) is 0. The fraction of sp³-hybridized carbons (Fsp3) is 0.429. The minimum absolute atomic E-state index is 0.0420. The Morgan fingerprint density at radius 2 is 2.17 bits per heavy atom. The average molecular weight is 428 g/mol. The zero-order valence-electron chi connectivity index (χ0n) is 16.9. The Bertz CT molecular complexity index is 1040. The van der Waals surface area contributed by atoms with Crippen molar-refractivity contribution in [2.75, 3.05) is 29.1 Å². The van der Waals surface area contributed by atoms with E-state index in [1.54, 1.807) is 11.3 Å². The highest BCUT2D eigenvalue weighted by Gasteiger charge is 2.21. The van der Waals surface area contributed by atoms with Crippen molar-refractivity contribution in [1.82, 2.24) is 15.0 Å². The molecule has 6 nitrogen and oxygen atoms in total. The van der Waals surface area contributed by atoms with Crippen LogP contribution in [0.4, 0.5) is 10.8 Å². The van der Waals surface area contributed by atoms with E-state index in [2.05, 4.69) is 34.0 Å². The molecule has 0 radical (unpaired) electrons. The van der Waals surface area contributed by atoms with Crippen LogP contribution in [0.5, 0.6) is 0 Å². The molecule has 4 rings (SSSR count). The van der Waals surface area contributed by atoms with E-state index in [1.807, 2.05) is 25.1 Å². The number of thioether (sulfide) groups is 1. The lowest BCUT2D eigenvalue weighted by Gasteiger charge is -2.30. The molecule has 1 aliphatic rings. The van der Waals surface area contributed by atoms with Crippen LogP contribution in [0.2, 0.25) is 0 Å². The van der Waals surface area contributed by atoms with E-state index < -0.39 is 0 Å². The third-order valence-electron chi connectivity index (χ3n) is 5.21. The number of rotatable bonds is 5. The van der Waals surface area contributed by atoms with Gasteiger partial charge in [-0.15, -0.1) is 0 Å². The molecule has 1 aliphatic heterocycles. The molecular weight excluding hydrogens is 402 g/mol. The molecule has 3 heterocycles. The Labute approximate surface area is 179 Å². The number of fused-ring (bicyclic) bond motifs is 1. The van der Waals surface area contributed by atoms with Gasteiger partial charge in [-0.2, -0.15) is 4.98 Å². The number of piperidine rings is 1. The van der Waals surface area contributed by atoms with Crippen molar-refractivity contribution in [3.8, 4) is 0 Å². The van der Waals surface area contributed by atoms with E-state index in [0.717, 1.165) is 44.8 Å². The number of aromatic nitrogens is 3. The Morgan fingerprint density at radius 1 is 1.31 bits per heavy atom. The van der Waals surface area contributed by atoms with Crippen molar-refractivity contribution in [3.05, 3.63) is 35.7 Å². The molecule has 0 saturated carbocycles. The van der Waals surface area contributed by atoms with Gasteiger partial charge in [0.2, 0.25) is 5.91 Å². The largest absolute Gasteiger partial charge is 0.348 e. The van der Waals surface area contributed by atoms with Gasteiger partial charge < -0.3 is 10.2 Å². The van der Waals surface area contributed by atoms with Crippen LogP contribution in [-0.2, 0) is 4.79 Å². The van der Waals surface area contributed by atoms with Crippen LogP contribution in [0.3, 0.4) is 0 Å². The number of nitrogens with one attached hydrogen (secondary N) is 1. The van der Waals surface area contributed by atoms with E-state index in [0.29, 0.717) is 11.7 Å². The van der Waals surface area contributed by atoms with Gasteiger partial charge in [-0.05, 0) is 55.9 Å². The SMILES string of the molecule is Cc1ccc(NC(=O)CSc2ncnc3nc(N4CCC[C@H](C)C4)sc23)cc1C. The summed E-state index contributed by atoms with van der Waals surface area (Å²) in [5, 5.41) is 4.79. The molecule has 0 aliphatic carbocycles. The number of aryl methyl sites for hydroxylation is 2. The fourth-order valence-electron chi connectivity index (χ4n) is 3.47. The normalized spacial score (nSPS) is 16.9. The minimum atomic E-state index is -0.0420. The molecule has 1 amide bonds. The Balaban J connectivity index is 1.44. The van der Waals surface area contributed by atoms with Crippen molar-refractivity contribution < 1.29 is 4.79 Å². The number of hydrogen-bond donors (Lipinski definition) is 1. The second-order valence-corrected chi connectivity index (χ2v) is 9.60. The first-order valence-corrected chi connectivity index (χ1v) is 11.7. The van der Waals surface area contributed by atoms with Gasteiger partial charge in [-0.1, -0.05) is 36.1 Å². The number of anilines is 2. The van der Waals surface area contributed by atoms with Crippen molar-refractivity contribution in [1.29, 1.82) is 0 Å². The molecule has 1 atom stereocenters. The standard InChI is InChI=1S/C21H25N5OS2/c1-13-5-4-8-26(10-13)21-25-19-18(29-21)20(23-12-22-19)28-11-17(27)24-16-7-6-14(2)15(3)9-16/h6-7,9,12-13H,4-5,8,10-11H2,1-3H3,(H,24,27)/t13-/m0/s1. The molecule has 1 fully saturated rings. The average Bonchev–Trinajstić information content (AvgIpc) is 3.14. The van der Waals surface area contributed by atoms with E-state index in [-0.39, 0.29) is 5.91 Å². The van der Waals surface area contributed by atoms with Crippen molar-refractivity contribution in [2.45, 2.75) is 38.6 Å². The third kappa shape index (κ3) is 4.70. The number of hydrogen-bond acceptors (Lipinski definition) is 7. The van der Waals surface area contributed by atoms with Crippen molar-refractivity contribution >= 4 is 50.2 Å². The number of nitrogens with zero attached hydrogens (tertiary/aromatic N) is 4. The predicted molar refractivity (Wildman–Crippen MR) is 121 cm³/mol. The monoisotopic (exact) mass is 427 g/mol. The maximum Gasteiger partial charge on any atom is 0.234 e. The lowest BCUT2D eigenvalue weighted by Crippen LogP contribution is -2.34. The van der Waals surface area contributed by atoms with Gasteiger partial charge in [0.05, 0.1) is 5.75 Å². The number of benzene rings is 1. The molecule has 0 unspecified atom stereocenters. The van der Waals surface area contributed by atoms with Gasteiger partial charge >= 0.3 is 0 Å². The molecule has 8 heteroatoms. The number of carbonyl (C=O) groups is 1. The first-order chi connectivity index (χ1) is 14.0. The van der Waals surface area contributed by atoms with Crippen molar-refractivity contribution in [3.63, 3.8) is 0 Å². The van der Waals surface area contributed by atoms with E-state index >= 15 is 0 Å². The summed E-state index contributed by atoms with van der Waals surface area (Å²) in [5.41, 5.74) is 3.92. The second-order valence-electron chi connectivity index (χ2n) is 7.66. The summed E-state index contributed by atoms with van der Waals surface area (Å²) in [6.07, 6.45) is 4.01. The topological polar surface area (TPSA) is 71.0 Å². The Morgan fingerprint density at radius 3 is 2.97 bits per heavy atom. The van der Waals surface area contributed by atoms with Crippen LogP contribution in [0, 0.1) is 19.8 Å². The lowest BCUT2D eigenvalue weighted by atomic mass is 10.0. The molecule has 1 saturated heterocycles. The van der Waals surface area contributed by atoms with Crippen LogP contribution in [-0.4, -0.2) is 39.7 Å². The quantitative estimate of drug-likeness (QED) is 0.471. The summed E-state index contributed by atoms with van der Waals surface area (Å²) in [6.45, 7) is 8.47. The second kappa shape index (κ2) is 8.67. The van der Waals surface area contributed by atoms with Gasteiger partial charge in [0.1, 0.15) is 16.1 Å². The molecule has 152 valence electrons. The molecule has 1 N–H and O–H groups in total. The predicted octanol–water partition coefficient (Wildman–Crippen LogP) is 4.67. The van der Waals surface area contributed by atoms with Crippen LogP contribution in [0.15, 0.2) is 29.6 Å². The summed E-state index contributed by atoms with van der Waals surface area (Å²) < 4.78 is 0.963. The van der Waals surface area contributed by atoms with Crippen molar-refractivity contribution in [2.24, 2.45) is 5.92 Å². The molecule has 29 heavy (non-hydrogen) atoms. The third-order valence-corrected chi connectivity index (χ3v) is 7.44. The zero-order valence-corrected chi connectivity index (χ0v) is 18.6. The number of carbonyl (C=O) groups excluding carboxylic acids is 1. The first kappa shape index (κ1) is 20.1. The number of thiazole rings is 1. The summed E-state index contributed by atoms with van der Waals surface area (Å²) >= 11 is 3.06. The summed E-state index contributed by atoms with van der Waals surface area (Å²) in [6, 6.07) is 5.95. The molecule has 1 aromatic carbocycles. The maximum absolute atomic E-state index is 12.4.